The predicted octanol–water partition coefficient (Wildman–Crippen LogP) is 3.81. The lowest BCUT2D eigenvalue weighted by Crippen LogP contribution is -2.05. The van der Waals surface area contributed by atoms with Crippen LogP contribution in [0, 0.1) is 6.92 Å². The molecule has 120 valence electrons. The van der Waals surface area contributed by atoms with Gasteiger partial charge in [-0.25, -0.2) is 9.50 Å². The topological polar surface area (TPSA) is 51.5 Å². The van der Waals surface area contributed by atoms with Gasteiger partial charge in [-0.2, -0.15) is 5.10 Å². The summed E-state index contributed by atoms with van der Waals surface area (Å²) in [5, 5.41) is 9.03. The molecule has 0 atom stereocenters. The lowest BCUT2D eigenvalue weighted by Gasteiger charge is -2.12. The monoisotopic (exact) mass is 318 g/mol. The smallest absolute Gasteiger partial charge is 0.158 e. The summed E-state index contributed by atoms with van der Waals surface area (Å²) in [4.78, 5) is 4.74. The van der Waals surface area contributed by atoms with Gasteiger partial charge in [-0.15, -0.1) is 0 Å². The van der Waals surface area contributed by atoms with Crippen molar-refractivity contribution in [2.75, 3.05) is 12.4 Å². The van der Waals surface area contributed by atoms with Crippen molar-refractivity contribution < 1.29 is 4.74 Å². The highest BCUT2D eigenvalue weighted by atomic mass is 16.5. The van der Waals surface area contributed by atoms with Crippen LogP contribution in [-0.2, 0) is 6.54 Å². The average molecular weight is 318 g/mol. The zero-order valence-electron chi connectivity index (χ0n) is 13.7. The zero-order valence-corrected chi connectivity index (χ0v) is 13.7. The molecule has 24 heavy (non-hydrogen) atoms. The molecule has 4 aromatic rings. The van der Waals surface area contributed by atoms with E-state index in [1.54, 1.807) is 7.11 Å². The molecule has 0 aliphatic heterocycles. The first-order valence-electron chi connectivity index (χ1n) is 7.87. The molecule has 2 aromatic heterocycles. The van der Waals surface area contributed by atoms with Gasteiger partial charge in [-0.05, 0) is 25.1 Å². The molecule has 0 saturated heterocycles. The van der Waals surface area contributed by atoms with E-state index < -0.39 is 0 Å². The van der Waals surface area contributed by atoms with E-state index in [1.807, 2.05) is 47.8 Å². The molecule has 2 heterocycles. The van der Waals surface area contributed by atoms with Crippen molar-refractivity contribution in [3.05, 3.63) is 65.9 Å². The van der Waals surface area contributed by atoms with E-state index in [0.717, 1.165) is 39.4 Å². The Morgan fingerprint density at radius 3 is 2.75 bits per heavy atom. The van der Waals surface area contributed by atoms with Crippen molar-refractivity contribution in [2.45, 2.75) is 13.5 Å². The van der Waals surface area contributed by atoms with E-state index in [1.165, 1.54) is 0 Å². The van der Waals surface area contributed by atoms with Crippen molar-refractivity contribution in [3.63, 3.8) is 0 Å². The highest BCUT2D eigenvalue weighted by molar-refractivity contribution is 5.91. The van der Waals surface area contributed by atoms with Gasteiger partial charge >= 0.3 is 0 Å². The van der Waals surface area contributed by atoms with Crippen LogP contribution in [0.15, 0.2) is 54.6 Å². The third kappa shape index (κ3) is 2.44. The second kappa shape index (κ2) is 5.85. The van der Waals surface area contributed by atoms with Crippen molar-refractivity contribution in [3.8, 4) is 5.75 Å². The normalized spacial score (nSPS) is 11.1. The van der Waals surface area contributed by atoms with Crippen LogP contribution in [0.25, 0.3) is 16.6 Å². The highest BCUT2D eigenvalue weighted by Crippen LogP contribution is 2.25. The molecule has 0 amide bonds. The number of benzene rings is 2. The first-order valence-corrected chi connectivity index (χ1v) is 7.87. The molecule has 0 bridgehead atoms. The Morgan fingerprint density at radius 2 is 1.88 bits per heavy atom. The standard InChI is InChI=1S/C19H18N4O/c1-13-11-18-21-19(15-8-4-5-9-16(15)23(18)22-13)20-12-14-7-3-6-10-17(14)24-2/h3-11H,12H2,1-2H3,(H,20,21). The van der Waals surface area contributed by atoms with Crippen LogP contribution in [0.4, 0.5) is 5.82 Å². The van der Waals surface area contributed by atoms with Gasteiger partial charge in [0.1, 0.15) is 11.6 Å². The van der Waals surface area contributed by atoms with E-state index >= 15 is 0 Å². The van der Waals surface area contributed by atoms with E-state index in [4.69, 9.17) is 9.72 Å². The summed E-state index contributed by atoms with van der Waals surface area (Å²) in [6.45, 7) is 2.62. The lowest BCUT2D eigenvalue weighted by molar-refractivity contribution is 0.410. The molecule has 4 rings (SSSR count). The molecular formula is C19H18N4O. The van der Waals surface area contributed by atoms with Crippen LogP contribution in [-0.4, -0.2) is 21.7 Å². The van der Waals surface area contributed by atoms with E-state index in [9.17, 15) is 0 Å². The molecule has 5 nitrogen and oxygen atoms in total. The molecule has 1 N–H and O–H groups in total. The number of aryl methyl sites for hydroxylation is 1. The number of para-hydroxylation sites is 2. The predicted molar refractivity (Wildman–Crippen MR) is 95.6 cm³/mol. The van der Waals surface area contributed by atoms with Crippen LogP contribution in [0.1, 0.15) is 11.3 Å². The van der Waals surface area contributed by atoms with Gasteiger partial charge in [0.25, 0.3) is 0 Å². The van der Waals surface area contributed by atoms with Crippen molar-refractivity contribution in [1.29, 1.82) is 0 Å². The second-order valence-corrected chi connectivity index (χ2v) is 5.70. The maximum absolute atomic E-state index is 5.42. The third-order valence-corrected chi connectivity index (χ3v) is 4.07. The number of aromatic nitrogens is 3. The number of ether oxygens (including phenoxy) is 1. The van der Waals surface area contributed by atoms with Crippen LogP contribution >= 0.6 is 0 Å². The van der Waals surface area contributed by atoms with E-state index in [0.29, 0.717) is 6.54 Å². The number of nitrogens with zero attached hydrogens (tertiary/aromatic N) is 3. The summed E-state index contributed by atoms with van der Waals surface area (Å²) in [5.74, 6) is 1.72. The first-order chi connectivity index (χ1) is 11.8. The third-order valence-electron chi connectivity index (χ3n) is 4.07. The van der Waals surface area contributed by atoms with Gasteiger partial charge in [0.15, 0.2) is 5.65 Å². The SMILES string of the molecule is COc1ccccc1CNc1nc2cc(C)nn2c2ccccc12. The van der Waals surface area contributed by atoms with Crippen molar-refractivity contribution in [2.24, 2.45) is 0 Å². The quantitative estimate of drug-likeness (QED) is 0.621. The molecule has 0 fully saturated rings. The Morgan fingerprint density at radius 1 is 1.08 bits per heavy atom. The van der Waals surface area contributed by atoms with E-state index in [-0.39, 0.29) is 0 Å². The van der Waals surface area contributed by atoms with Crippen LogP contribution < -0.4 is 10.1 Å². The van der Waals surface area contributed by atoms with Gasteiger partial charge in [-0.1, -0.05) is 30.3 Å². The number of hydrogen-bond acceptors (Lipinski definition) is 4. The minimum absolute atomic E-state index is 0.643. The molecule has 5 heteroatoms. The largest absolute Gasteiger partial charge is 0.496 e. The Bertz CT molecular complexity index is 1020. The number of methoxy groups -OCH3 is 1. The number of fused-ring (bicyclic) bond motifs is 3. The van der Waals surface area contributed by atoms with Crippen LogP contribution in [0.2, 0.25) is 0 Å². The highest BCUT2D eigenvalue weighted by Gasteiger charge is 2.10. The summed E-state index contributed by atoms with van der Waals surface area (Å²) in [6.07, 6.45) is 0. The first kappa shape index (κ1) is 14.5. The minimum Gasteiger partial charge on any atom is -0.496 e. The number of anilines is 1. The van der Waals surface area contributed by atoms with Gasteiger partial charge in [0.2, 0.25) is 0 Å². The summed E-state index contributed by atoms with van der Waals surface area (Å²) in [6, 6.07) is 18.1. The van der Waals surface area contributed by atoms with Crippen molar-refractivity contribution >= 4 is 22.4 Å². The zero-order chi connectivity index (χ0) is 16.5. The number of hydrogen-bond donors (Lipinski definition) is 1. The molecule has 0 aliphatic carbocycles. The molecule has 0 unspecified atom stereocenters. The maximum Gasteiger partial charge on any atom is 0.158 e. The summed E-state index contributed by atoms with van der Waals surface area (Å²) >= 11 is 0. The Kier molecular flexibility index (Phi) is 3.54. The Hall–Kier alpha value is -3.08. The Balaban J connectivity index is 1.78. The molecule has 0 spiro atoms. The molecule has 0 radical (unpaired) electrons. The van der Waals surface area contributed by atoms with Gasteiger partial charge < -0.3 is 10.1 Å². The van der Waals surface area contributed by atoms with Gasteiger partial charge in [-0.3, -0.25) is 0 Å². The molecule has 2 aromatic carbocycles. The van der Waals surface area contributed by atoms with Crippen LogP contribution in [0.5, 0.6) is 5.75 Å². The fraction of sp³-hybridized carbons (Fsp3) is 0.158. The van der Waals surface area contributed by atoms with Crippen LogP contribution in [0.3, 0.4) is 0 Å². The summed E-state index contributed by atoms with van der Waals surface area (Å²) < 4.78 is 7.31. The van der Waals surface area contributed by atoms with E-state index in [2.05, 4.69) is 28.6 Å². The van der Waals surface area contributed by atoms with Gasteiger partial charge in [0.05, 0.1) is 18.3 Å². The minimum atomic E-state index is 0.643. The number of nitrogens with one attached hydrogen (secondary N) is 1. The average Bonchev–Trinajstić information content (AvgIpc) is 3.00. The fourth-order valence-electron chi connectivity index (χ4n) is 2.94. The molecule has 0 aliphatic rings. The molecular weight excluding hydrogens is 300 g/mol. The lowest BCUT2D eigenvalue weighted by atomic mass is 10.2. The second-order valence-electron chi connectivity index (χ2n) is 5.70. The summed E-state index contributed by atoms with van der Waals surface area (Å²) in [5.41, 5.74) is 3.93. The molecule has 0 saturated carbocycles. The van der Waals surface area contributed by atoms with Gasteiger partial charge in [0, 0.05) is 23.6 Å². The fourth-order valence-corrected chi connectivity index (χ4v) is 2.94. The van der Waals surface area contributed by atoms with Crippen molar-refractivity contribution in [1.82, 2.24) is 14.6 Å². The number of rotatable bonds is 4. The maximum atomic E-state index is 5.42. The Labute approximate surface area is 139 Å². The summed E-state index contributed by atoms with van der Waals surface area (Å²) in [7, 11) is 1.69.